The molecule has 1 aliphatic heterocycles. The Morgan fingerprint density at radius 2 is 2.00 bits per heavy atom. The maximum absolute atomic E-state index is 5.81. The van der Waals surface area contributed by atoms with Gasteiger partial charge in [-0.25, -0.2) is 9.97 Å². The van der Waals surface area contributed by atoms with Gasteiger partial charge >= 0.3 is 0 Å². The second kappa shape index (κ2) is 5.97. The van der Waals surface area contributed by atoms with Gasteiger partial charge in [0.2, 0.25) is 0 Å². The molecular formula is C12H21N5O. The highest BCUT2D eigenvalue weighted by molar-refractivity contribution is 5.47. The molecule has 0 aromatic carbocycles. The van der Waals surface area contributed by atoms with E-state index in [0.717, 1.165) is 38.5 Å². The van der Waals surface area contributed by atoms with E-state index in [4.69, 9.17) is 10.5 Å². The van der Waals surface area contributed by atoms with Crippen LogP contribution in [0.2, 0.25) is 0 Å². The summed E-state index contributed by atoms with van der Waals surface area (Å²) in [5.41, 5.74) is 5.81. The van der Waals surface area contributed by atoms with Crippen LogP contribution in [0.5, 0.6) is 0 Å². The van der Waals surface area contributed by atoms with Gasteiger partial charge in [-0.1, -0.05) is 6.92 Å². The van der Waals surface area contributed by atoms with E-state index in [1.807, 2.05) is 6.07 Å². The highest BCUT2D eigenvalue weighted by Crippen LogP contribution is 2.16. The first-order valence-corrected chi connectivity index (χ1v) is 6.32. The quantitative estimate of drug-likeness (QED) is 0.832. The molecule has 1 saturated heterocycles. The van der Waals surface area contributed by atoms with Crippen molar-refractivity contribution in [2.24, 2.45) is 0 Å². The minimum Gasteiger partial charge on any atom is -0.384 e. The average molecular weight is 251 g/mol. The van der Waals surface area contributed by atoms with Crippen LogP contribution in [0.4, 0.5) is 11.6 Å². The number of hydrogen-bond donors (Lipinski definition) is 1. The molecule has 0 aliphatic carbocycles. The Balaban J connectivity index is 2.08. The van der Waals surface area contributed by atoms with Gasteiger partial charge in [0.25, 0.3) is 0 Å². The smallest absolute Gasteiger partial charge is 0.158 e. The lowest BCUT2D eigenvalue weighted by Crippen LogP contribution is -2.46. The molecule has 6 nitrogen and oxygen atoms in total. The van der Waals surface area contributed by atoms with E-state index < -0.39 is 0 Å². The van der Waals surface area contributed by atoms with Gasteiger partial charge in [0.05, 0.1) is 0 Å². The first kappa shape index (κ1) is 13.0. The molecular weight excluding hydrogens is 230 g/mol. The SMILES string of the molecule is CCN1CCN(c2cc(N)nc(COC)n2)CC1. The fourth-order valence-electron chi connectivity index (χ4n) is 2.15. The fraction of sp³-hybridized carbons (Fsp3) is 0.667. The summed E-state index contributed by atoms with van der Waals surface area (Å²) >= 11 is 0. The van der Waals surface area contributed by atoms with E-state index >= 15 is 0 Å². The van der Waals surface area contributed by atoms with Crippen LogP contribution in [0.1, 0.15) is 12.7 Å². The summed E-state index contributed by atoms with van der Waals surface area (Å²) in [6.07, 6.45) is 0. The molecule has 18 heavy (non-hydrogen) atoms. The Hall–Kier alpha value is -1.40. The Kier molecular flexibility index (Phi) is 4.33. The summed E-state index contributed by atoms with van der Waals surface area (Å²) in [6.45, 7) is 7.80. The molecule has 2 heterocycles. The lowest BCUT2D eigenvalue weighted by molar-refractivity contribution is 0.178. The maximum atomic E-state index is 5.81. The molecule has 1 aromatic rings. The Labute approximate surface area is 108 Å². The van der Waals surface area contributed by atoms with Crippen molar-refractivity contribution in [1.82, 2.24) is 14.9 Å². The normalized spacial score (nSPS) is 17.1. The number of anilines is 2. The van der Waals surface area contributed by atoms with Gasteiger partial charge in [-0.15, -0.1) is 0 Å². The van der Waals surface area contributed by atoms with Gasteiger partial charge in [0.15, 0.2) is 5.82 Å². The summed E-state index contributed by atoms with van der Waals surface area (Å²) in [7, 11) is 1.63. The van der Waals surface area contributed by atoms with Crippen LogP contribution in [0.25, 0.3) is 0 Å². The number of ether oxygens (including phenoxy) is 1. The summed E-state index contributed by atoms with van der Waals surface area (Å²) in [5, 5.41) is 0. The zero-order valence-electron chi connectivity index (χ0n) is 11.1. The molecule has 1 aliphatic rings. The van der Waals surface area contributed by atoms with Gasteiger partial charge in [-0.2, -0.15) is 0 Å². The van der Waals surface area contributed by atoms with E-state index in [-0.39, 0.29) is 0 Å². The molecule has 0 bridgehead atoms. The predicted octanol–water partition coefficient (Wildman–Crippen LogP) is 0.347. The fourth-order valence-corrected chi connectivity index (χ4v) is 2.15. The Morgan fingerprint density at radius 1 is 1.28 bits per heavy atom. The van der Waals surface area contributed by atoms with Crippen molar-refractivity contribution in [3.05, 3.63) is 11.9 Å². The van der Waals surface area contributed by atoms with E-state index in [1.54, 1.807) is 7.11 Å². The van der Waals surface area contributed by atoms with Gasteiger partial charge in [0.1, 0.15) is 18.2 Å². The number of nitrogens with two attached hydrogens (primary N) is 1. The van der Waals surface area contributed by atoms with Crippen LogP contribution in [0, 0.1) is 0 Å². The number of piperazine rings is 1. The summed E-state index contributed by atoms with van der Waals surface area (Å²) in [4.78, 5) is 13.3. The number of rotatable bonds is 4. The van der Waals surface area contributed by atoms with E-state index in [2.05, 4.69) is 26.7 Å². The molecule has 0 unspecified atom stereocenters. The molecule has 6 heteroatoms. The molecule has 0 atom stereocenters. The van der Waals surface area contributed by atoms with Crippen LogP contribution in [-0.4, -0.2) is 54.7 Å². The monoisotopic (exact) mass is 251 g/mol. The van der Waals surface area contributed by atoms with Gasteiger partial charge in [-0.05, 0) is 6.54 Å². The predicted molar refractivity (Wildman–Crippen MR) is 71.5 cm³/mol. The summed E-state index contributed by atoms with van der Waals surface area (Å²) in [5.74, 6) is 2.06. The third-order valence-corrected chi connectivity index (χ3v) is 3.20. The molecule has 0 radical (unpaired) electrons. The van der Waals surface area contributed by atoms with Crippen molar-refractivity contribution in [3.63, 3.8) is 0 Å². The lowest BCUT2D eigenvalue weighted by atomic mass is 10.3. The van der Waals surface area contributed by atoms with Crippen LogP contribution >= 0.6 is 0 Å². The second-order valence-electron chi connectivity index (χ2n) is 4.42. The maximum Gasteiger partial charge on any atom is 0.158 e. The summed E-state index contributed by atoms with van der Waals surface area (Å²) in [6, 6.07) is 1.83. The number of methoxy groups -OCH3 is 1. The van der Waals surface area contributed by atoms with Crippen molar-refractivity contribution in [2.75, 3.05) is 50.5 Å². The molecule has 0 saturated carbocycles. The number of aromatic nitrogens is 2. The van der Waals surface area contributed by atoms with Crippen molar-refractivity contribution in [3.8, 4) is 0 Å². The van der Waals surface area contributed by atoms with Crippen LogP contribution in [-0.2, 0) is 11.3 Å². The van der Waals surface area contributed by atoms with E-state index in [1.165, 1.54) is 0 Å². The average Bonchev–Trinajstić information content (AvgIpc) is 2.38. The number of likely N-dealkylation sites (N-methyl/N-ethyl adjacent to an activating group) is 1. The zero-order chi connectivity index (χ0) is 13.0. The first-order valence-electron chi connectivity index (χ1n) is 6.32. The number of nitrogens with zero attached hydrogens (tertiary/aromatic N) is 4. The standard InChI is InChI=1S/C12H21N5O/c1-3-16-4-6-17(7-5-16)12-8-10(13)14-11(15-12)9-18-2/h8H,3-7,9H2,1-2H3,(H2,13,14,15). The highest BCUT2D eigenvalue weighted by atomic mass is 16.5. The lowest BCUT2D eigenvalue weighted by Gasteiger charge is -2.34. The first-order chi connectivity index (χ1) is 8.72. The second-order valence-corrected chi connectivity index (χ2v) is 4.42. The van der Waals surface area contributed by atoms with Crippen LogP contribution < -0.4 is 10.6 Å². The van der Waals surface area contributed by atoms with Crippen molar-refractivity contribution in [1.29, 1.82) is 0 Å². The van der Waals surface area contributed by atoms with Gasteiger partial charge < -0.3 is 20.3 Å². The zero-order valence-corrected chi connectivity index (χ0v) is 11.1. The molecule has 0 amide bonds. The van der Waals surface area contributed by atoms with Crippen molar-refractivity contribution in [2.45, 2.75) is 13.5 Å². The van der Waals surface area contributed by atoms with Gasteiger partial charge in [0, 0.05) is 39.4 Å². The van der Waals surface area contributed by atoms with Crippen molar-refractivity contribution < 1.29 is 4.74 Å². The number of nitrogen functional groups attached to an aromatic ring is 1. The Bertz CT molecular complexity index is 390. The molecule has 2 rings (SSSR count). The molecule has 0 spiro atoms. The van der Waals surface area contributed by atoms with E-state index in [0.29, 0.717) is 18.2 Å². The van der Waals surface area contributed by atoms with Crippen LogP contribution in [0.3, 0.4) is 0 Å². The summed E-state index contributed by atoms with van der Waals surface area (Å²) < 4.78 is 5.05. The topological polar surface area (TPSA) is 67.5 Å². The molecule has 2 N–H and O–H groups in total. The van der Waals surface area contributed by atoms with Gasteiger partial charge in [-0.3, -0.25) is 0 Å². The third kappa shape index (κ3) is 3.08. The minimum atomic E-state index is 0.396. The van der Waals surface area contributed by atoms with Crippen LogP contribution in [0.15, 0.2) is 6.07 Å². The molecule has 100 valence electrons. The Morgan fingerprint density at radius 3 is 2.61 bits per heavy atom. The number of hydrogen-bond acceptors (Lipinski definition) is 6. The van der Waals surface area contributed by atoms with E-state index in [9.17, 15) is 0 Å². The highest BCUT2D eigenvalue weighted by Gasteiger charge is 2.17. The molecule has 1 fully saturated rings. The molecule has 1 aromatic heterocycles. The van der Waals surface area contributed by atoms with Crippen molar-refractivity contribution >= 4 is 11.6 Å². The third-order valence-electron chi connectivity index (χ3n) is 3.20. The minimum absolute atomic E-state index is 0.396. The largest absolute Gasteiger partial charge is 0.384 e.